The van der Waals surface area contributed by atoms with Crippen LogP contribution in [0.5, 0.6) is 0 Å². The van der Waals surface area contributed by atoms with Crippen molar-refractivity contribution in [2.75, 3.05) is 13.2 Å². The molecular weight excluding hydrogens is 308 g/mol. The van der Waals surface area contributed by atoms with Crippen molar-refractivity contribution in [3.05, 3.63) is 41.3 Å². The zero-order valence-corrected chi connectivity index (χ0v) is 12.5. The predicted octanol–water partition coefficient (Wildman–Crippen LogP) is 1.48. The Hall–Kier alpha value is -2.22. The summed E-state index contributed by atoms with van der Waals surface area (Å²) in [6.45, 7) is 1.89. The van der Waals surface area contributed by atoms with Gasteiger partial charge in [0, 0.05) is 18.0 Å². The van der Waals surface area contributed by atoms with Gasteiger partial charge in [-0.3, -0.25) is 14.6 Å². The Labute approximate surface area is 131 Å². The zero-order chi connectivity index (χ0) is 15.9. The zero-order valence-electron chi connectivity index (χ0n) is 11.7. The van der Waals surface area contributed by atoms with Crippen molar-refractivity contribution >= 4 is 23.2 Å². The number of hydroxylamine groups is 1. The van der Waals surface area contributed by atoms with Gasteiger partial charge in [-0.2, -0.15) is 5.48 Å². The standard InChI is InChI=1S/C14H13ClN4O3/c1-2-22-17-8-12(20)13(21)10-7-11(18-19-14(10)15)9-3-5-16-6-4-9/h3-7,17H,2,8H2,1H3. The molecule has 2 aromatic heterocycles. The van der Waals surface area contributed by atoms with E-state index in [0.29, 0.717) is 17.9 Å². The largest absolute Gasteiger partial charge is 0.302 e. The van der Waals surface area contributed by atoms with Gasteiger partial charge in [-0.25, -0.2) is 0 Å². The number of nitrogens with zero attached hydrogens (tertiary/aromatic N) is 3. The van der Waals surface area contributed by atoms with E-state index in [1.54, 1.807) is 31.5 Å². The molecule has 2 heterocycles. The fraction of sp³-hybridized carbons (Fsp3) is 0.214. The third-order valence-electron chi connectivity index (χ3n) is 2.70. The van der Waals surface area contributed by atoms with Crippen LogP contribution in [0, 0.1) is 0 Å². The molecule has 1 N–H and O–H groups in total. The van der Waals surface area contributed by atoms with Gasteiger partial charge >= 0.3 is 0 Å². The van der Waals surface area contributed by atoms with Gasteiger partial charge in [-0.15, -0.1) is 10.2 Å². The smallest absolute Gasteiger partial charge is 0.233 e. The van der Waals surface area contributed by atoms with Crippen molar-refractivity contribution in [2.24, 2.45) is 0 Å². The number of halogens is 1. The predicted molar refractivity (Wildman–Crippen MR) is 79.2 cm³/mol. The second-order valence-corrected chi connectivity index (χ2v) is 4.53. The summed E-state index contributed by atoms with van der Waals surface area (Å²) in [6, 6.07) is 4.86. The van der Waals surface area contributed by atoms with Crippen LogP contribution in [-0.2, 0) is 9.63 Å². The average Bonchev–Trinajstić information content (AvgIpc) is 2.55. The number of carbonyl (C=O) groups excluding carboxylic acids is 2. The third kappa shape index (κ3) is 3.91. The minimum absolute atomic E-state index is 0.00628. The van der Waals surface area contributed by atoms with Crippen molar-refractivity contribution in [1.29, 1.82) is 0 Å². The second kappa shape index (κ2) is 7.69. The van der Waals surface area contributed by atoms with Gasteiger partial charge in [0.05, 0.1) is 24.4 Å². The molecule has 0 aromatic carbocycles. The monoisotopic (exact) mass is 320 g/mol. The van der Waals surface area contributed by atoms with Crippen molar-refractivity contribution < 1.29 is 14.4 Å². The summed E-state index contributed by atoms with van der Waals surface area (Å²) in [5.74, 6) is -1.42. The Morgan fingerprint density at radius 1 is 1.27 bits per heavy atom. The number of hydrogen-bond donors (Lipinski definition) is 1. The third-order valence-corrected chi connectivity index (χ3v) is 2.98. The minimum atomic E-state index is -0.748. The molecule has 0 saturated heterocycles. The van der Waals surface area contributed by atoms with E-state index in [-0.39, 0.29) is 17.3 Å². The number of pyridine rings is 1. The van der Waals surface area contributed by atoms with Gasteiger partial charge in [0.25, 0.3) is 0 Å². The number of aromatic nitrogens is 3. The summed E-state index contributed by atoms with van der Waals surface area (Å²) in [4.78, 5) is 32.7. The molecule has 0 radical (unpaired) electrons. The highest BCUT2D eigenvalue weighted by Crippen LogP contribution is 2.20. The molecule has 2 aromatic rings. The highest BCUT2D eigenvalue weighted by atomic mass is 35.5. The number of Topliss-reactive ketones (excluding diaryl/α,β-unsaturated/α-hetero) is 2. The molecule has 0 bridgehead atoms. The van der Waals surface area contributed by atoms with Crippen LogP contribution in [0.25, 0.3) is 11.3 Å². The van der Waals surface area contributed by atoms with Gasteiger partial charge in [0.1, 0.15) is 0 Å². The molecular formula is C14H13ClN4O3. The lowest BCUT2D eigenvalue weighted by Gasteiger charge is -2.05. The number of hydrogen-bond acceptors (Lipinski definition) is 7. The van der Waals surface area contributed by atoms with E-state index in [2.05, 4.69) is 20.7 Å². The first-order valence-electron chi connectivity index (χ1n) is 6.49. The van der Waals surface area contributed by atoms with Crippen LogP contribution in [-0.4, -0.2) is 39.9 Å². The SMILES string of the molecule is CCONCC(=O)C(=O)c1cc(-c2ccncc2)nnc1Cl. The summed E-state index contributed by atoms with van der Waals surface area (Å²) in [5.41, 5.74) is 3.55. The van der Waals surface area contributed by atoms with E-state index in [4.69, 9.17) is 16.4 Å². The summed E-state index contributed by atoms with van der Waals surface area (Å²) < 4.78 is 0. The number of nitrogens with one attached hydrogen (secondary N) is 1. The van der Waals surface area contributed by atoms with Crippen LogP contribution in [0.2, 0.25) is 5.15 Å². The molecule has 22 heavy (non-hydrogen) atoms. The van der Waals surface area contributed by atoms with E-state index < -0.39 is 11.6 Å². The lowest BCUT2D eigenvalue weighted by Crippen LogP contribution is -2.29. The van der Waals surface area contributed by atoms with Crippen LogP contribution in [0.15, 0.2) is 30.6 Å². The van der Waals surface area contributed by atoms with E-state index in [1.807, 2.05) is 0 Å². The second-order valence-electron chi connectivity index (χ2n) is 4.18. The average molecular weight is 321 g/mol. The summed E-state index contributed by atoms with van der Waals surface area (Å²) >= 11 is 5.87. The van der Waals surface area contributed by atoms with Gasteiger partial charge < -0.3 is 4.84 Å². The van der Waals surface area contributed by atoms with Gasteiger partial charge in [0.2, 0.25) is 11.6 Å². The first kappa shape index (κ1) is 16.2. The molecule has 7 nitrogen and oxygen atoms in total. The van der Waals surface area contributed by atoms with Crippen LogP contribution in [0.1, 0.15) is 17.3 Å². The number of rotatable bonds is 7. The highest BCUT2D eigenvalue weighted by Gasteiger charge is 2.21. The van der Waals surface area contributed by atoms with Crippen LogP contribution in [0.3, 0.4) is 0 Å². The fourth-order valence-corrected chi connectivity index (χ4v) is 1.83. The Morgan fingerprint density at radius 2 is 2.00 bits per heavy atom. The minimum Gasteiger partial charge on any atom is -0.302 e. The molecule has 0 saturated carbocycles. The topological polar surface area (TPSA) is 94.1 Å². The lowest BCUT2D eigenvalue weighted by atomic mass is 10.1. The molecule has 0 amide bonds. The summed E-state index contributed by atoms with van der Waals surface area (Å²) in [5, 5.41) is 7.52. The summed E-state index contributed by atoms with van der Waals surface area (Å²) in [7, 11) is 0. The quantitative estimate of drug-likeness (QED) is 0.357. The Morgan fingerprint density at radius 3 is 2.68 bits per heavy atom. The van der Waals surface area contributed by atoms with Crippen molar-refractivity contribution in [1.82, 2.24) is 20.7 Å². The maximum atomic E-state index is 12.1. The van der Waals surface area contributed by atoms with E-state index >= 15 is 0 Å². The molecule has 0 fully saturated rings. The summed E-state index contributed by atoms with van der Waals surface area (Å²) in [6.07, 6.45) is 3.18. The Bertz CT molecular complexity index is 679. The van der Waals surface area contributed by atoms with Gasteiger partial charge in [0.15, 0.2) is 5.15 Å². The molecule has 0 unspecified atom stereocenters. The van der Waals surface area contributed by atoms with Crippen molar-refractivity contribution in [3.63, 3.8) is 0 Å². The van der Waals surface area contributed by atoms with Crippen LogP contribution < -0.4 is 5.48 Å². The Kier molecular flexibility index (Phi) is 5.65. The molecule has 114 valence electrons. The molecule has 8 heteroatoms. The molecule has 2 rings (SSSR count). The van der Waals surface area contributed by atoms with Gasteiger partial charge in [-0.05, 0) is 25.1 Å². The normalized spacial score (nSPS) is 10.5. The Balaban J connectivity index is 2.23. The van der Waals surface area contributed by atoms with E-state index in [0.717, 1.165) is 0 Å². The van der Waals surface area contributed by atoms with Crippen molar-refractivity contribution in [3.8, 4) is 11.3 Å². The van der Waals surface area contributed by atoms with Crippen LogP contribution in [0.4, 0.5) is 0 Å². The fourth-order valence-electron chi connectivity index (χ4n) is 1.65. The van der Waals surface area contributed by atoms with E-state index in [1.165, 1.54) is 6.07 Å². The molecule has 0 spiro atoms. The van der Waals surface area contributed by atoms with Crippen molar-refractivity contribution in [2.45, 2.75) is 6.92 Å². The molecule has 0 aliphatic carbocycles. The number of carbonyl (C=O) groups is 2. The highest BCUT2D eigenvalue weighted by molar-refractivity contribution is 6.47. The molecule has 0 aliphatic rings. The maximum Gasteiger partial charge on any atom is 0.233 e. The lowest BCUT2D eigenvalue weighted by molar-refractivity contribution is -0.116. The molecule has 0 aliphatic heterocycles. The first-order valence-corrected chi connectivity index (χ1v) is 6.87. The number of ketones is 2. The van der Waals surface area contributed by atoms with E-state index in [9.17, 15) is 9.59 Å². The van der Waals surface area contributed by atoms with Crippen LogP contribution >= 0.6 is 11.6 Å². The first-order chi connectivity index (χ1) is 10.6. The van der Waals surface area contributed by atoms with Gasteiger partial charge in [-0.1, -0.05) is 11.6 Å². The molecule has 0 atom stereocenters. The maximum absolute atomic E-state index is 12.1.